The summed E-state index contributed by atoms with van der Waals surface area (Å²) < 4.78 is 11.4. The number of aryl methyl sites for hydroxylation is 2. The van der Waals surface area contributed by atoms with E-state index in [4.69, 9.17) is 9.47 Å². The van der Waals surface area contributed by atoms with E-state index in [0.717, 1.165) is 75.9 Å². The van der Waals surface area contributed by atoms with E-state index in [0.29, 0.717) is 63.0 Å². The van der Waals surface area contributed by atoms with Crippen molar-refractivity contribution in [2.24, 2.45) is 17.3 Å². The highest BCUT2D eigenvalue weighted by molar-refractivity contribution is 5.91. The Balaban J connectivity index is 1.20. The molecule has 4 heterocycles. The van der Waals surface area contributed by atoms with Crippen molar-refractivity contribution in [3.05, 3.63) is 124 Å². The topological polar surface area (TPSA) is 177 Å². The normalized spacial score (nSPS) is 23.2. The van der Waals surface area contributed by atoms with E-state index in [1.165, 1.54) is 13.2 Å². The van der Waals surface area contributed by atoms with Crippen LogP contribution in [0.1, 0.15) is 78.8 Å². The summed E-state index contributed by atoms with van der Waals surface area (Å²) in [6, 6.07) is 20.3. The van der Waals surface area contributed by atoms with Crippen molar-refractivity contribution in [1.29, 1.82) is 0 Å². The van der Waals surface area contributed by atoms with Gasteiger partial charge in [-0.25, -0.2) is 0 Å². The number of hydrogen-bond acceptors (Lipinski definition) is 10. The van der Waals surface area contributed by atoms with E-state index in [1.807, 2.05) is 36.5 Å². The van der Waals surface area contributed by atoms with Gasteiger partial charge >= 0.3 is 0 Å². The maximum atomic E-state index is 15.8. The number of ketones is 1. The van der Waals surface area contributed by atoms with Crippen LogP contribution in [0.3, 0.4) is 0 Å². The number of carbonyl (C=O) groups is 1. The first-order chi connectivity index (χ1) is 29.6. The number of aromatic amines is 1. The predicted molar refractivity (Wildman–Crippen MR) is 234 cm³/mol. The Morgan fingerprint density at radius 2 is 1.84 bits per heavy atom. The first kappa shape index (κ1) is 40.3. The first-order valence-electron chi connectivity index (χ1n) is 21.7. The Morgan fingerprint density at radius 3 is 2.67 bits per heavy atom. The van der Waals surface area contributed by atoms with Gasteiger partial charge in [0.2, 0.25) is 5.75 Å². The number of aliphatic hydroxyl groups excluding tert-OH is 1. The number of fused-ring (bicyclic) bond motifs is 6. The van der Waals surface area contributed by atoms with Gasteiger partial charge in [-0.1, -0.05) is 30.7 Å². The van der Waals surface area contributed by atoms with Gasteiger partial charge < -0.3 is 50.6 Å². The van der Waals surface area contributed by atoms with Crippen LogP contribution in [-0.2, 0) is 30.5 Å². The average Bonchev–Trinajstić information content (AvgIpc) is 3.94. The molecule has 1 fully saturated rings. The van der Waals surface area contributed by atoms with Crippen molar-refractivity contribution in [3.8, 4) is 34.5 Å². The van der Waals surface area contributed by atoms with Crippen LogP contribution in [0, 0.1) is 17.3 Å². The second-order valence-electron chi connectivity index (χ2n) is 17.3. The Hall–Kier alpha value is -6.07. The van der Waals surface area contributed by atoms with Crippen molar-refractivity contribution in [1.82, 2.24) is 10.3 Å². The van der Waals surface area contributed by atoms with Crippen molar-refractivity contribution in [3.63, 3.8) is 0 Å². The molecule has 318 valence electrons. The van der Waals surface area contributed by atoms with Crippen molar-refractivity contribution in [2.45, 2.75) is 82.7 Å². The summed E-state index contributed by atoms with van der Waals surface area (Å²) >= 11 is 0. The van der Waals surface area contributed by atoms with Crippen LogP contribution < -0.4 is 20.1 Å². The van der Waals surface area contributed by atoms with Gasteiger partial charge in [-0.3, -0.25) is 4.79 Å². The number of aromatic nitrogens is 1. The molecule has 1 aliphatic carbocycles. The van der Waals surface area contributed by atoms with Gasteiger partial charge in [0.15, 0.2) is 23.0 Å². The molecule has 9 rings (SSSR count). The standard InChI is InChI=1S/C50H55N3O8/c1-60-45-26-32(25-44(58)48(45)59)30-8-13-39-37-14-12-36(54)23-31(37)9-15-40(39)53-46-28-34(18-21-52-46)50(19-2-5-33(50)27-35-6-3-20-51-35)47(43(57)24-30)41(55)16-10-29-11-17-42(56)49-38(29)7-4-22-61-49/h3,6,9,11-12,14-15,17-18,20,23,25-26,28,30,33,41,47,51-56,58-59H,2,4-5,7-8,10,13,16,19,21-22,24,27H2,1H3/t30-,33-,41-,47-,50-/m1/s1. The fourth-order valence-corrected chi connectivity index (χ4v) is 11.1. The average molecular weight is 826 g/mol. The number of rotatable bonds is 8. The van der Waals surface area contributed by atoms with E-state index < -0.39 is 23.4 Å². The zero-order chi connectivity index (χ0) is 42.3. The van der Waals surface area contributed by atoms with Crippen LogP contribution in [0.2, 0.25) is 0 Å². The summed E-state index contributed by atoms with van der Waals surface area (Å²) in [6.07, 6.45) is 12.0. The van der Waals surface area contributed by atoms with E-state index in [2.05, 4.69) is 33.8 Å². The number of carbonyl (C=O) groups excluding carboxylic acids is 1. The third-order valence-electron chi connectivity index (χ3n) is 13.9. The van der Waals surface area contributed by atoms with Crippen LogP contribution in [-0.4, -0.2) is 62.7 Å². The maximum Gasteiger partial charge on any atom is 0.200 e. The molecule has 0 unspecified atom stereocenters. The Bertz CT molecular complexity index is 2510. The molecule has 0 saturated heterocycles. The Kier molecular flexibility index (Phi) is 11.1. The molecule has 0 radical (unpaired) electrons. The Labute approximate surface area is 355 Å². The number of benzene rings is 4. The monoisotopic (exact) mass is 825 g/mol. The zero-order valence-corrected chi connectivity index (χ0v) is 34.5. The maximum absolute atomic E-state index is 15.8. The van der Waals surface area contributed by atoms with Crippen molar-refractivity contribution < 1.29 is 39.8 Å². The number of methoxy groups -OCH3 is 1. The molecule has 3 aliphatic heterocycles. The molecule has 4 aliphatic rings. The predicted octanol–water partition coefficient (Wildman–Crippen LogP) is 8.44. The van der Waals surface area contributed by atoms with Gasteiger partial charge in [0.05, 0.1) is 25.7 Å². The van der Waals surface area contributed by atoms with E-state index >= 15 is 4.79 Å². The molecule has 0 amide bonds. The summed E-state index contributed by atoms with van der Waals surface area (Å²) in [4.78, 5) is 19.3. The van der Waals surface area contributed by atoms with E-state index in [9.17, 15) is 25.5 Å². The van der Waals surface area contributed by atoms with Gasteiger partial charge in [0.25, 0.3) is 0 Å². The minimum Gasteiger partial charge on any atom is -0.508 e. The van der Waals surface area contributed by atoms with Crippen molar-refractivity contribution >= 4 is 22.2 Å². The van der Waals surface area contributed by atoms with Crippen LogP contribution in [0.25, 0.3) is 10.8 Å². The number of phenols is 4. The second-order valence-corrected chi connectivity index (χ2v) is 17.3. The highest BCUT2D eigenvalue weighted by Crippen LogP contribution is 2.58. The molecule has 5 atom stereocenters. The first-order valence-corrected chi connectivity index (χ1v) is 21.7. The second kappa shape index (κ2) is 16.8. The number of Topliss-reactive ketones (excluding diaryl/α,β-unsaturated/α-hetero) is 1. The molecule has 2 bridgehead atoms. The molecular weight excluding hydrogens is 771 g/mol. The molecule has 11 nitrogen and oxygen atoms in total. The highest BCUT2D eigenvalue weighted by atomic mass is 16.5. The fourth-order valence-electron chi connectivity index (χ4n) is 11.1. The number of anilines is 1. The molecule has 1 aromatic heterocycles. The lowest BCUT2D eigenvalue weighted by atomic mass is 9.58. The quantitative estimate of drug-likeness (QED) is 0.0709. The van der Waals surface area contributed by atoms with Gasteiger partial charge in [-0.2, -0.15) is 0 Å². The lowest BCUT2D eigenvalue weighted by molar-refractivity contribution is -0.134. The molecule has 61 heavy (non-hydrogen) atoms. The molecule has 5 aromatic rings. The molecule has 8 N–H and O–H groups in total. The number of dihydropyridines is 1. The summed E-state index contributed by atoms with van der Waals surface area (Å²) in [5, 5.41) is 64.8. The fraction of sp³-hybridized carbons (Fsp3) is 0.380. The number of nitrogens with one attached hydrogen (secondary N) is 3. The lowest BCUT2D eigenvalue weighted by Gasteiger charge is -2.46. The molecule has 1 saturated carbocycles. The number of ether oxygens (including phenoxy) is 2. The smallest absolute Gasteiger partial charge is 0.200 e. The number of H-pyrrole nitrogens is 1. The Morgan fingerprint density at radius 1 is 0.951 bits per heavy atom. The largest absolute Gasteiger partial charge is 0.508 e. The summed E-state index contributed by atoms with van der Waals surface area (Å²) in [5.41, 5.74) is 5.91. The van der Waals surface area contributed by atoms with E-state index in [-0.39, 0.29) is 46.9 Å². The summed E-state index contributed by atoms with van der Waals surface area (Å²) in [6.45, 7) is 1.08. The molecule has 11 heteroatoms. The number of allylic oxidation sites excluding steroid dienone is 2. The minimum atomic E-state index is -1.02. The highest BCUT2D eigenvalue weighted by Gasteiger charge is 2.55. The zero-order valence-electron chi connectivity index (χ0n) is 34.5. The summed E-state index contributed by atoms with van der Waals surface area (Å²) in [5.74, 6) is -0.231. The van der Waals surface area contributed by atoms with Crippen molar-refractivity contribution in [2.75, 3.05) is 25.6 Å². The van der Waals surface area contributed by atoms with Gasteiger partial charge in [-0.05, 0) is 157 Å². The van der Waals surface area contributed by atoms with E-state index in [1.54, 1.807) is 24.3 Å². The van der Waals surface area contributed by atoms with Gasteiger partial charge in [-0.15, -0.1) is 0 Å². The van der Waals surface area contributed by atoms with Crippen LogP contribution in [0.5, 0.6) is 34.5 Å². The summed E-state index contributed by atoms with van der Waals surface area (Å²) in [7, 11) is 1.43. The van der Waals surface area contributed by atoms with Crippen LogP contribution in [0.4, 0.5) is 5.69 Å². The minimum absolute atomic E-state index is 0.0247. The number of aliphatic hydroxyl groups is 1. The van der Waals surface area contributed by atoms with Gasteiger partial charge in [0.1, 0.15) is 17.4 Å². The number of hydrogen-bond donors (Lipinski definition) is 8. The van der Waals surface area contributed by atoms with Gasteiger partial charge in [0, 0.05) is 41.5 Å². The number of aromatic hydroxyl groups is 4. The SMILES string of the molecule is COc1cc([C@@H]2CCc3c(ccc4cc(O)ccc34)NC3=CC(=CCN3)[C@]3(CCC[C@@H]3Cc3ccc[nH]3)[C@H]([C@H](O)CCc3ccc(O)c4c3CCCO4)C(=O)C2)cc(O)c1O. The third-order valence-corrected chi connectivity index (χ3v) is 13.9. The molecule has 4 aromatic carbocycles. The number of phenolic OH excluding ortho intramolecular Hbond substituents is 4. The van der Waals surface area contributed by atoms with Crippen LogP contribution in [0.15, 0.2) is 96.5 Å². The van der Waals surface area contributed by atoms with Crippen LogP contribution >= 0.6 is 0 Å². The lowest BCUT2D eigenvalue weighted by Crippen LogP contribution is -2.48. The third kappa shape index (κ3) is 7.64. The molecular formula is C50H55N3O8. The molecule has 1 spiro atoms.